The number of carbonyl (C=O) groups excluding carboxylic acids is 1. The minimum absolute atomic E-state index is 0.0390. The number of nitrogens with zero attached hydrogens (tertiary/aromatic N) is 2. The summed E-state index contributed by atoms with van der Waals surface area (Å²) in [6, 6.07) is 18.1. The highest BCUT2D eigenvalue weighted by atomic mass is 16.6. The Balaban J connectivity index is 1.84. The number of hydrogen-bond donors (Lipinski definition) is 1. The van der Waals surface area contributed by atoms with E-state index in [1.165, 1.54) is 38.5 Å². The van der Waals surface area contributed by atoms with Crippen LogP contribution in [0.2, 0.25) is 0 Å². The molecule has 0 unspecified atom stereocenters. The van der Waals surface area contributed by atoms with Crippen LogP contribution in [0.5, 0.6) is 23.0 Å². The van der Waals surface area contributed by atoms with E-state index >= 15 is 0 Å². The van der Waals surface area contributed by atoms with Crippen molar-refractivity contribution in [2.75, 3.05) is 19.5 Å². The molecule has 1 amide bonds. The molecule has 0 aliphatic rings. The smallest absolute Gasteiger partial charge is 0.312 e. The summed E-state index contributed by atoms with van der Waals surface area (Å²) in [5.74, 6) is 0.695. The minimum Gasteiger partial charge on any atom is -0.493 e. The molecule has 0 bridgehead atoms. The summed E-state index contributed by atoms with van der Waals surface area (Å²) in [5.41, 5.74) is 1.20. The van der Waals surface area contributed by atoms with E-state index < -0.39 is 10.8 Å². The molecule has 190 valence electrons. The maximum Gasteiger partial charge on any atom is 0.312 e. The largest absolute Gasteiger partial charge is 0.493 e. The molecule has 3 rings (SSSR count). The fourth-order valence-corrected chi connectivity index (χ4v) is 3.43. The van der Waals surface area contributed by atoms with Gasteiger partial charge >= 0.3 is 5.69 Å². The first kappa shape index (κ1) is 26.8. The third-order valence-corrected chi connectivity index (χ3v) is 5.45. The van der Waals surface area contributed by atoms with Gasteiger partial charge in [-0.1, -0.05) is 39.0 Å². The Morgan fingerprint density at radius 2 is 1.62 bits per heavy atom. The molecule has 0 spiro atoms. The number of rotatable bonds is 8. The normalized spacial score (nSPS) is 11.3. The van der Waals surface area contributed by atoms with E-state index in [1.54, 1.807) is 30.3 Å². The van der Waals surface area contributed by atoms with Crippen LogP contribution in [0, 0.1) is 21.4 Å². The number of methoxy groups -OCH3 is 2. The second kappa shape index (κ2) is 11.3. The van der Waals surface area contributed by atoms with Crippen molar-refractivity contribution in [3.63, 3.8) is 0 Å². The highest BCUT2D eigenvalue weighted by Crippen LogP contribution is 2.34. The van der Waals surface area contributed by atoms with Crippen molar-refractivity contribution in [1.29, 1.82) is 5.26 Å². The molecular formula is C28H27N3O6. The lowest BCUT2D eigenvalue weighted by atomic mass is 9.87. The van der Waals surface area contributed by atoms with Crippen LogP contribution in [0.1, 0.15) is 31.9 Å². The maximum absolute atomic E-state index is 12.7. The first-order chi connectivity index (χ1) is 17.5. The number of ether oxygens (including phenoxy) is 3. The van der Waals surface area contributed by atoms with Gasteiger partial charge in [0.25, 0.3) is 5.91 Å². The third-order valence-electron chi connectivity index (χ3n) is 5.45. The average Bonchev–Trinajstić information content (AvgIpc) is 2.87. The quantitative estimate of drug-likeness (QED) is 0.167. The van der Waals surface area contributed by atoms with Gasteiger partial charge in [-0.3, -0.25) is 14.9 Å². The fourth-order valence-electron chi connectivity index (χ4n) is 3.43. The monoisotopic (exact) mass is 501 g/mol. The van der Waals surface area contributed by atoms with Crippen LogP contribution >= 0.6 is 0 Å². The third kappa shape index (κ3) is 6.64. The Morgan fingerprint density at radius 1 is 0.973 bits per heavy atom. The van der Waals surface area contributed by atoms with Gasteiger partial charge in [0.15, 0.2) is 11.5 Å². The topological polar surface area (TPSA) is 124 Å². The molecule has 0 aliphatic carbocycles. The molecular weight excluding hydrogens is 474 g/mol. The molecule has 0 fully saturated rings. The summed E-state index contributed by atoms with van der Waals surface area (Å²) >= 11 is 0. The highest BCUT2D eigenvalue weighted by Gasteiger charge is 2.19. The van der Waals surface area contributed by atoms with Crippen molar-refractivity contribution in [3.8, 4) is 29.1 Å². The molecule has 1 N–H and O–H groups in total. The Kier molecular flexibility index (Phi) is 8.15. The SMILES string of the molecule is COc1ccc(NC(=O)/C(C#N)=C\c2ccc(Oc3ccc(C(C)(C)C)cc3)c([N+](=O)[O-])c2)cc1OC. The summed E-state index contributed by atoms with van der Waals surface area (Å²) in [6.07, 6.45) is 1.27. The van der Waals surface area contributed by atoms with Crippen LogP contribution in [0.15, 0.2) is 66.2 Å². The summed E-state index contributed by atoms with van der Waals surface area (Å²) in [5, 5.41) is 23.9. The van der Waals surface area contributed by atoms with Crippen LogP contribution in [0.25, 0.3) is 6.08 Å². The second-order valence-corrected chi connectivity index (χ2v) is 9.05. The molecule has 0 aliphatic heterocycles. The van der Waals surface area contributed by atoms with Gasteiger partial charge in [0.05, 0.1) is 19.1 Å². The predicted octanol–water partition coefficient (Wildman–Crippen LogP) is 6.25. The number of amides is 1. The van der Waals surface area contributed by atoms with Crippen LogP contribution in [-0.4, -0.2) is 25.1 Å². The first-order valence-corrected chi connectivity index (χ1v) is 11.3. The standard InChI is InChI=1S/C28H27N3O6/c1-28(2,3)20-7-10-22(11-8-20)37-24-12-6-18(15-23(24)31(33)34)14-19(17-29)27(32)30-21-9-13-25(35-4)26(16-21)36-5/h6-16H,1-5H3,(H,30,32)/b19-14-. The second-order valence-electron chi connectivity index (χ2n) is 9.05. The van der Waals surface area contributed by atoms with Gasteiger partial charge in [-0.05, 0) is 52.9 Å². The van der Waals surface area contributed by atoms with Crippen LogP contribution in [-0.2, 0) is 10.2 Å². The summed E-state index contributed by atoms with van der Waals surface area (Å²) in [7, 11) is 2.95. The van der Waals surface area contributed by atoms with E-state index in [2.05, 4.69) is 26.1 Å². The van der Waals surface area contributed by atoms with Gasteiger partial charge < -0.3 is 19.5 Å². The number of nitro benzene ring substituents is 1. The van der Waals surface area contributed by atoms with E-state index in [0.29, 0.717) is 28.5 Å². The van der Waals surface area contributed by atoms with Gasteiger partial charge in [-0.15, -0.1) is 0 Å². The van der Waals surface area contributed by atoms with Gasteiger partial charge in [0.2, 0.25) is 5.75 Å². The number of carbonyl (C=O) groups is 1. The lowest BCUT2D eigenvalue weighted by Gasteiger charge is -2.19. The summed E-state index contributed by atoms with van der Waals surface area (Å²) < 4.78 is 16.2. The fraction of sp³-hybridized carbons (Fsp3) is 0.214. The van der Waals surface area contributed by atoms with Crippen LogP contribution in [0.3, 0.4) is 0 Å². The molecule has 0 aromatic heterocycles. The van der Waals surface area contributed by atoms with Crippen LogP contribution in [0.4, 0.5) is 11.4 Å². The lowest BCUT2D eigenvalue weighted by molar-refractivity contribution is -0.385. The van der Waals surface area contributed by atoms with Crippen molar-refractivity contribution >= 4 is 23.4 Å². The number of nitriles is 1. The van der Waals surface area contributed by atoms with Gasteiger partial charge in [0.1, 0.15) is 17.4 Å². The number of benzene rings is 3. The van der Waals surface area contributed by atoms with Crippen LogP contribution < -0.4 is 19.5 Å². The average molecular weight is 502 g/mol. The molecule has 37 heavy (non-hydrogen) atoms. The van der Waals surface area contributed by atoms with Gasteiger partial charge in [-0.25, -0.2) is 0 Å². The molecule has 0 atom stereocenters. The van der Waals surface area contributed by atoms with Crippen molar-refractivity contribution in [2.45, 2.75) is 26.2 Å². The summed E-state index contributed by atoms with van der Waals surface area (Å²) in [6.45, 7) is 6.26. The lowest BCUT2D eigenvalue weighted by Crippen LogP contribution is -2.13. The van der Waals surface area contributed by atoms with E-state index in [4.69, 9.17) is 14.2 Å². The number of nitrogens with one attached hydrogen (secondary N) is 1. The van der Waals surface area contributed by atoms with Crippen molar-refractivity contribution in [2.24, 2.45) is 0 Å². The molecule has 9 heteroatoms. The zero-order valence-electron chi connectivity index (χ0n) is 21.2. The minimum atomic E-state index is -0.684. The maximum atomic E-state index is 12.7. The van der Waals surface area contributed by atoms with Crippen molar-refractivity contribution in [3.05, 3.63) is 87.5 Å². The van der Waals surface area contributed by atoms with E-state index in [1.807, 2.05) is 18.2 Å². The van der Waals surface area contributed by atoms with E-state index in [9.17, 15) is 20.2 Å². The molecule has 0 radical (unpaired) electrons. The Labute approximate surface area is 215 Å². The number of nitro groups is 1. The zero-order valence-corrected chi connectivity index (χ0v) is 21.2. The molecule has 0 heterocycles. The van der Waals surface area contributed by atoms with E-state index in [0.717, 1.165) is 5.56 Å². The number of anilines is 1. The first-order valence-electron chi connectivity index (χ1n) is 11.3. The van der Waals surface area contributed by atoms with Crippen molar-refractivity contribution < 1.29 is 23.9 Å². The van der Waals surface area contributed by atoms with E-state index in [-0.39, 0.29) is 22.4 Å². The Morgan fingerprint density at radius 3 is 2.19 bits per heavy atom. The molecule has 9 nitrogen and oxygen atoms in total. The molecule has 3 aromatic rings. The molecule has 3 aromatic carbocycles. The zero-order chi connectivity index (χ0) is 27.2. The Hall–Kier alpha value is -4.84. The molecule has 0 saturated heterocycles. The number of hydrogen-bond acceptors (Lipinski definition) is 7. The van der Waals surface area contributed by atoms with Gasteiger partial charge in [0, 0.05) is 17.8 Å². The summed E-state index contributed by atoms with van der Waals surface area (Å²) in [4.78, 5) is 23.8. The van der Waals surface area contributed by atoms with Gasteiger partial charge in [-0.2, -0.15) is 5.26 Å². The van der Waals surface area contributed by atoms with Crippen molar-refractivity contribution in [1.82, 2.24) is 0 Å². The Bertz CT molecular complexity index is 1380. The highest BCUT2D eigenvalue weighted by molar-refractivity contribution is 6.09. The molecule has 0 saturated carbocycles. The predicted molar refractivity (Wildman–Crippen MR) is 140 cm³/mol.